The minimum Gasteiger partial charge on any atom is -0.465 e. The Balaban J connectivity index is 2.48. The van der Waals surface area contributed by atoms with Gasteiger partial charge in [-0.1, -0.05) is 11.6 Å². The van der Waals surface area contributed by atoms with Crippen molar-refractivity contribution < 1.29 is 22.7 Å². The smallest absolute Gasteiger partial charge is 0.324 e. The maximum absolute atomic E-state index is 13.1. The SMILES string of the molecule is CCOC(=O)C1CC(=O)C(=CN(C)C)CN1S(=O)(=O)c1ccc(Cl)cc1. The lowest BCUT2D eigenvalue weighted by Crippen LogP contribution is -2.51. The van der Waals surface area contributed by atoms with Gasteiger partial charge < -0.3 is 9.64 Å². The molecule has 1 atom stereocenters. The Kier molecular flexibility index (Phi) is 6.44. The highest BCUT2D eigenvalue weighted by molar-refractivity contribution is 7.89. The zero-order chi connectivity index (χ0) is 19.5. The Morgan fingerprint density at radius 1 is 1.35 bits per heavy atom. The first-order valence-electron chi connectivity index (χ1n) is 8.01. The first-order chi connectivity index (χ1) is 12.2. The molecule has 1 aliphatic heterocycles. The lowest BCUT2D eigenvalue weighted by molar-refractivity contribution is -0.149. The number of ketones is 1. The van der Waals surface area contributed by atoms with Crippen LogP contribution in [0.25, 0.3) is 0 Å². The predicted molar refractivity (Wildman–Crippen MR) is 97.2 cm³/mol. The van der Waals surface area contributed by atoms with E-state index in [0.717, 1.165) is 4.31 Å². The van der Waals surface area contributed by atoms with Gasteiger partial charge in [0.25, 0.3) is 0 Å². The van der Waals surface area contributed by atoms with Crippen LogP contribution in [0.5, 0.6) is 0 Å². The molecule has 1 aromatic carbocycles. The summed E-state index contributed by atoms with van der Waals surface area (Å²) in [6.45, 7) is 1.52. The topological polar surface area (TPSA) is 84.0 Å². The highest BCUT2D eigenvalue weighted by atomic mass is 35.5. The maximum Gasteiger partial charge on any atom is 0.324 e. The van der Waals surface area contributed by atoms with Gasteiger partial charge in [-0.25, -0.2) is 8.42 Å². The molecule has 0 spiro atoms. The number of benzene rings is 1. The Morgan fingerprint density at radius 3 is 2.50 bits per heavy atom. The van der Waals surface area contributed by atoms with Gasteiger partial charge in [0.1, 0.15) is 6.04 Å². The molecule has 2 rings (SSSR count). The van der Waals surface area contributed by atoms with E-state index in [1.54, 1.807) is 32.1 Å². The van der Waals surface area contributed by atoms with Crippen LogP contribution in [0.4, 0.5) is 0 Å². The fraction of sp³-hybridized carbons (Fsp3) is 0.412. The molecule has 0 amide bonds. The van der Waals surface area contributed by atoms with E-state index in [2.05, 4.69) is 0 Å². The molecule has 1 heterocycles. The summed E-state index contributed by atoms with van der Waals surface area (Å²) < 4.78 is 32.2. The van der Waals surface area contributed by atoms with E-state index >= 15 is 0 Å². The molecule has 1 fully saturated rings. The van der Waals surface area contributed by atoms with E-state index in [0.29, 0.717) is 10.6 Å². The Labute approximate surface area is 158 Å². The first-order valence-corrected chi connectivity index (χ1v) is 9.83. The molecule has 26 heavy (non-hydrogen) atoms. The number of hydrogen-bond acceptors (Lipinski definition) is 6. The second kappa shape index (κ2) is 8.20. The van der Waals surface area contributed by atoms with Crippen LogP contribution < -0.4 is 0 Å². The molecule has 0 aliphatic carbocycles. The second-order valence-electron chi connectivity index (χ2n) is 6.02. The number of carbonyl (C=O) groups excluding carboxylic acids is 2. The zero-order valence-corrected chi connectivity index (χ0v) is 16.4. The van der Waals surface area contributed by atoms with Crippen molar-refractivity contribution in [1.29, 1.82) is 0 Å². The molecule has 9 heteroatoms. The summed E-state index contributed by atoms with van der Waals surface area (Å²) in [5.41, 5.74) is 0.313. The van der Waals surface area contributed by atoms with Crippen molar-refractivity contribution in [2.24, 2.45) is 0 Å². The van der Waals surface area contributed by atoms with Gasteiger partial charge in [0.05, 0.1) is 11.5 Å². The summed E-state index contributed by atoms with van der Waals surface area (Å²) >= 11 is 5.83. The standard InChI is InChI=1S/C17H21ClN2O5S/c1-4-25-17(22)15-9-16(21)12(10-19(2)3)11-20(15)26(23,24)14-7-5-13(18)6-8-14/h5-8,10,15H,4,9,11H2,1-3H3. The van der Waals surface area contributed by atoms with Crippen LogP contribution in [0.15, 0.2) is 40.9 Å². The van der Waals surface area contributed by atoms with Crippen LogP contribution >= 0.6 is 11.6 Å². The number of piperidine rings is 1. The molecule has 0 radical (unpaired) electrons. The largest absolute Gasteiger partial charge is 0.465 e. The minimum absolute atomic E-state index is 0.00486. The molecule has 7 nitrogen and oxygen atoms in total. The third-order valence-electron chi connectivity index (χ3n) is 3.80. The zero-order valence-electron chi connectivity index (χ0n) is 14.8. The van der Waals surface area contributed by atoms with Crippen molar-refractivity contribution in [3.8, 4) is 0 Å². The van der Waals surface area contributed by atoms with Gasteiger partial charge in [-0.05, 0) is 31.2 Å². The number of hydrogen-bond donors (Lipinski definition) is 0. The summed E-state index contributed by atoms with van der Waals surface area (Å²) in [5, 5.41) is 0.396. The summed E-state index contributed by atoms with van der Waals surface area (Å²) in [5.74, 6) is -1.01. The second-order valence-corrected chi connectivity index (χ2v) is 8.34. The lowest BCUT2D eigenvalue weighted by atomic mass is 9.99. The molecule has 1 aliphatic rings. The van der Waals surface area contributed by atoms with E-state index in [-0.39, 0.29) is 30.3 Å². The van der Waals surface area contributed by atoms with Gasteiger partial charge in [0, 0.05) is 43.9 Å². The monoisotopic (exact) mass is 400 g/mol. The van der Waals surface area contributed by atoms with Crippen LogP contribution in [-0.4, -0.2) is 62.7 Å². The maximum atomic E-state index is 13.1. The van der Waals surface area contributed by atoms with E-state index in [4.69, 9.17) is 16.3 Å². The molecule has 0 saturated carbocycles. The number of halogens is 1. The van der Waals surface area contributed by atoms with Crippen molar-refractivity contribution in [1.82, 2.24) is 9.21 Å². The Hall–Kier alpha value is -1.90. The summed E-state index contributed by atoms with van der Waals surface area (Å²) in [6.07, 6.45) is 1.30. The van der Waals surface area contributed by atoms with Gasteiger partial charge >= 0.3 is 5.97 Å². The van der Waals surface area contributed by atoms with Crippen LogP contribution in [0.3, 0.4) is 0 Å². The lowest BCUT2D eigenvalue weighted by Gasteiger charge is -2.33. The number of rotatable bonds is 5. The van der Waals surface area contributed by atoms with Gasteiger partial charge in [-0.2, -0.15) is 4.31 Å². The number of esters is 1. The fourth-order valence-electron chi connectivity index (χ4n) is 2.63. The summed E-state index contributed by atoms with van der Waals surface area (Å²) in [6, 6.07) is 4.46. The van der Waals surface area contributed by atoms with Gasteiger partial charge in [0.15, 0.2) is 5.78 Å². The van der Waals surface area contributed by atoms with E-state index in [1.807, 2.05) is 0 Å². The number of sulfonamides is 1. The van der Waals surface area contributed by atoms with Gasteiger partial charge in [-0.15, -0.1) is 0 Å². The molecule has 1 aromatic rings. The molecular weight excluding hydrogens is 380 g/mol. The summed E-state index contributed by atoms with van der Waals surface area (Å²) in [4.78, 5) is 26.3. The minimum atomic E-state index is -4.02. The van der Waals surface area contributed by atoms with Crippen molar-refractivity contribution >= 4 is 33.4 Å². The summed E-state index contributed by atoms with van der Waals surface area (Å²) in [7, 11) is -0.557. The number of nitrogens with zero attached hydrogens (tertiary/aromatic N) is 2. The third kappa shape index (κ3) is 4.44. The predicted octanol–water partition coefficient (Wildman–Crippen LogP) is 1.68. The van der Waals surface area contributed by atoms with Crippen molar-refractivity contribution in [2.45, 2.75) is 24.3 Å². The average molecular weight is 401 g/mol. The number of Topliss-reactive ketones (excluding diaryl/α,β-unsaturated/α-hetero) is 1. The Bertz CT molecular complexity index is 818. The molecule has 1 unspecified atom stereocenters. The third-order valence-corrected chi connectivity index (χ3v) is 5.92. The van der Waals surface area contributed by atoms with Crippen molar-refractivity contribution in [3.63, 3.8) is 0 Å². The average Bonchev–Trinajstić information content (AvgIpc) is 2.56. The molecule has 1 saturated heterocycles. The van der Waals surface area contributed by atoms with Crippen LogP contribution in [0, 0.1) is 0 Å². The Morgan fingerprint density at radius 2 is 1.96 bits per heavy atom. The molecule has 0 aromatic heterocycles. The van der Waals surface area contributed by atoms with E-state index in [1.165, 1.54) is 24.3 Å². The van der Waals surface area contributed by atoms with E-state index < -0.39 is 22.0 Å². The number of ether oxygens (including phenoxy) is 1. The molecule has 142 valence electrons. The van der Waals surface area contributed by atoms with Crippen LogP contribution in [0.2, 0.25) is 5.02 Å². The fourth-order valence-corrected chi connectivity index (χ4v) is 4.31. The normalized spacial score (nSPS) is 20.2. The molecule has 0 N–H and O–H groups in total. The quantitative estimate of drug-likeness (QED) is 0.552. The van der Waals surface area contributed by atoms with Crippen LogP contribution in [0.1, 0.15) is 13.3 Å². The molecule has 0 bridgehead atoms. The highest BCUT2D eigenvalue weighted by Crippen LogP contribution is 2.28. The van der Waals surface area contributed by atoms with Crippen molar-refractivity contribution in [2.75, 3.05) is 27.2 Å². The highest BCUT2D eigenvalue weighted by Gasteiger charge is 2.43. The first kappa shape index (κ1) is 20.4. The molecular formula is C17H21ClN2O5S. The van der Waals surface area contributed by atoms with E-state index in [9.17, 15) is 18.0 Å². The van der Waals surface area contributed by atoms with Crippen molar-refractivity contribution in [3.05, 3.63) is 41.1 Å². The van der Waals surface area contributed by atoms with Gasteiger partial charge in [0.2, 0.25) is 10.0 Å². The number of carbonyl (C=O) groups is 2. The van der Waals surface area contributed by atoms with Crippen LogP contribution in [-0.2, 0) is 24.3 Å². The van der Waals surface area contributed by atoms with Gasteiger partial charge in [-0.3, -0.25) is 9.59 Å².